The number of fused-ring (bicyclic) bond motifs is 2. The Bertz CT molecular complexity index is 1330. The number of hydrogen-bond acceptors (Lipinski definition) is 4. The molecule has 0 spiro atoms. The lowest BCUT2D eigenvalue weighted by atomic mass is 9.98. The van der Waals surface area contributed by atoms with Crippen LogP contribution in [0.4, 0.5) is 4.39 Å². The molecule has 1 atom stereocenters. The molecule has 4 aromatic rings. The molecule has 2 aromatic carbocycles. The zero-order chi connectivity index (χ0) is 22.9. The zero-order valence-electron chi connectivity index (χ0n) is 18.3. The third kappa shape index (κ3) is 4.19. The molecule has 0 radical (unpaired) electrons. The first-order valence-corrected chi connectivity index (χ1v) is 11.0. The Morgan fingerprint density at radius 3 is 2.85 bits per heavy atom. The Balaban J connectivity index is 1.27. The summed E-state index contributed by atoms with van der Waals surface area (Å²) in [6.45, 7) is 3.14. The van der Waals surface area contributed by atoms with Crippen molar-refractivity contribution in [3.63, 3.8) is 0 Å². The van der Waals surface area contributed by atoms with Crippen LogP contribution in [0.2, 0.25) is 0 Å². The molecule has 0 aliphatic carbocycles. The number of nitrogens with two attached hydrogens (primary N) is 1. The number of aryl methyl sites for hydroxylation is 1. The van der Waals surface area contributed by atoms with Crippen LogP contribution in [0.25, 0.3) is 11.0 Å². The quantitative estimate of drug-likeness (QED) is 0.482. The van der Waals surface area contributed by atoms with E-state index in [0.29, 0.717) is 30.0 Å². The minimum absolute atomic E-state index is 0.111. The molecule has 1 aliphatic heterocycles. The molecule has 0 bridgehead atoms. The van der Waals surface area contributed by atoms with Gasteiger partial charge in [0, 0.05) is 25.5 Å². The van der Waals surface area contributed by atoms with Crippen LogP contribution in [-0.4, -0.2) is 33.4 Å². The van der Waals surface area contributed by atoms with Gasteiger partial charge in [-0.15, -0.1) is 0 Å². The highest BCUT2D eigenvalue weighted by molar-refractivity contribution is 5.86. The van der Waals surface area contributed by atoms with E-state index in [-0.39, 0.29) is 18.1 Å². The number of halogens is 1. The van der Waals surface area contributed by atoms with Crippen molar-refractivity contribution in [3.8, 4) is 11.5 Å². The third-order valence-electron chi connectivity index (χ3n) is 6.16. The van der Waals surface area contributed by atoms with Gasteiger partial charge in [-0.25, -0.2) is 9.37 Å². The number of carbonyl (C=O) groups is 1. The van der Waals surface area contributed by atoms with Crippen molar-refractivity contribution in [2.75, 3.05) is 6.54 Å². The number of benzene rings is 2. The Morgan fingerprint density at radius 2 is 2.03 bits per heavy atom. The minimum atomic E-state index is -0.733. The Kier molecular flexibility index (Phi) is 5.56. The second-order valence-electron chi connectivity index (χ2n) is 8.46. The molecule has 2 aromatic heterocycles. The molecule has 1 aliphatic rings. The number of nitrogens with zero attached hydrogens (tertiary/aromatic N) is 2. The molecule has 33 heavy (non-hydrogen) atoms. The second-order valence-corrected chi connectivity index (χ2v) is 8.46. The van der Waals surface area contributed by atoms with E-state index < -0.39 is 11.9 Å². The van der Waals surface area contributed by atoms with Gasteiger partial charge in [0.1, 0.15) is 11.4 Å². The van der Waals surface area contributed by atoms with E-state index >= 15 is 0 Å². The van der Waals surface area contributed by atoms with Gasteiger partial charge in [-0.05, 0) is 60.2 Å². The molecule has 1 unspecified atom stereocenters. The van der Waals surface area contributed by atoms with E-state index in [4.69, 9.17) is 10.5 Å². The highest BCUT2D eigenvalue weighted by atomic mass is 19.1. The van der Waals surface area contributed by atoms with Gasteiger partial charge >= 0.3 is 0 Å². The highest BCUT2D eigenvalue weighted by Gasteiger charge is 2.25. The standard InChI is InChI=1S/C26H25FN4O2/c1-16-14-30-25-24(16)23(8-10-29-25)33-22-7-6-17(12-20(22)27)13-21(28)26(32)31-11-9-18-4-2-3-5-19(18)15-31/h2-8,10,12,14,21H,9,11,13,15,28H2,1H3,(H,29,30). The number of nitrogens with one attached hydrogen (secondary N) is 1. The monoisotopic (exact) mass is 444 g/mol. The summed E-state index contributed by atoms with van der Waals surface area (Å²) in [4.78, 5) is 22.0. The van der Waals surface area contributed by atoms with Crippen molar-refractivity contribution in [1.82, 2.24) is 14.9 Å². The third-order valence-corrected chi connectivity index (χ3v) is 6.16. The van der Waals surface area contributed by atoms with Gasteiger partial charge in [-0.3, -0.25) is 4.79 Å². The van der Waals surface area contributed by atoms with Gasteiger partial charge < -0.3 is 20.4 Å². The van der Waals surface area contributed by atoms with Crippen LogP contribution in [-0.2, 0) is 24.2 Å². The highest BCUT2D eigenvalue weighted by Crippen LogP contribution is 2.32. The fraction of sp³-hybridized carbons (Fsp3) is 0.231. The SMILES string of the molecule is Cc1c[nH]c2nccc(Oc3ccc(CC(N)C(=O)N4CCc5ccccc5C4)cc3F)c12. The lowest BCUT2D eigenvalue weighted by molar-refractivity contribution is -0.133. The van der Waals surface area contributed by atoms with Crippen molar-refractivity contribution in [1.29, 1.82) is 0 Å². The molecule has 6 nitrogen and oxygen atoms in total. The summed E-state index contributed by atoms with van der Waals surface area (Å²) in [5.74, 6) is 0.0200. The first-order valence-electron chi connectivity index (χ1n) is 11.0. The van der Waals surface area contributed by atoms with Crippen LogP contribution in [0.3, 0.4) is 0 Å². The fourth-order valence-corrected chi connectivity index (χ4v) is 4.40. The predicted octanol–water partition coefficient (Wildman–Crippen LogP) is 4.26. The second kappa shape index (κ2) is 8.67. The van der Waals surface area contributed by atoms with Crippen molar-refractivity contribution in [2.45, 2.75) is 32.4 Å². The summed E-state index contributed by atoms with van der Waals surface area (Å²) in [6, 6.07) is 13.8. The maximum atomic E-state index is 14.8. The Labute approximate surface area is 191 Å². The molecule has 5 rings (SSSR count). The number of amides is 1. The van der Waals surface area contributed by atoms with Crippen LogP contribution in [0.15, 0.2) is 60.9 Å². The van der Waals surface area contributed by atoms with Crippen LogP contribution in [0.5, 0.6) is 11.5 Å². The largest absolute Gasteiger partial charge is 0.453 e. The van der Waals surface area contributed by atoms with Crippen molar-refractivity contribution >= 4 is 16.9 Å². The van der Waals surface area contributed by atoms with Gasteiger partial charge in [0.05, 0.1) is 11.4 Å². The van der Waals surface area contributed by atoms with E-state index in [1.807, 2.05) is 31.3 Å². The van der Waals surface area contributed by atoms with Crippen LogP contribution in [0.1, 0.15) is 22.3 Å². The number of aromatic nitrogens is 2. The summed E-state index contributed by atoms with van der Waals surface area (Å²) >= 11 is 0. The average Bonchev–Trinajstić information content (AvgIpc) is 3.21. The maximum absolute atomic E-state index is 14.8. The van der Waals surface area contributed by atoms with E-state index in [1.165, 1.54) is 11.6 Å². The van der Waals surface area contributed by atoms with Gasteiger partial charge in [0.2, 0.25) is 5.91 Å². The number of carbonyl (C=O) groups excluding carboxylic acids is 1. The lowest BCUT2D eigenvalue weighted by Crippen LogP contribution is -2.46. The van der Waals surface area contributed by atoms with Gasteiger partial charge in [0.25, 0.3) is 0 Å². The van der Waals surface area contributed by atoms with Gasteiger partial charge in [0.15, 0.2) is 11.6 Å². The summed E-state index contributed by atoms with van der Waals surface area (Å²) in [7, 11) is 0. The first-order chi connectivity index (χ1) is 16.0. The number of rotatable bonds is 5. The van der Waals surface area contributed by atoms with E-state index in [2.05, 4.69) is 16.0 Å². The van der Waals surface area contributed by atoms with Crippen LogP contribution in [0, 0.1) is 12.7 Å². The number of aromatic amines is 1. The van der Waals surface area contributed by atoms with Gasteiger partial charge in [-0.2, -0.15) is 0 Å². The smallest absolute Gasteiger partial charge is 0.240 e. The van der Waals surface area contributed by atoms with Crippen LogP contribution < -0.4 is 10.5 Å². The zero-order valence-corrected chi connectivity index (χ0v) is 18.3. The normalized spacial score (nSPS) is 14.2. The number of H-pyrrole nitrogens is 1. The molecule has 0 fully saturated rings. The first kappa shape index (κ1) is 21.2. The topological polar surface area (TPSA) is 84.2 Å². The maximum Gasteiger partial charge on any atom is 0.240 e. The molecule has 0 saturated heterocycles. The van der Waals surface area contributed by atoms with E-state index in [0.717, 1.165) is 22.9 Å². The molecule has 0 saturated carbocycles. The molecule has 3 N–H and O–H groups in total. The summed E-state index contributed by atoms with van der Waals surface area (Å²) in [5, 5.41) is 0.816. The van der Waals surface area contributed by atoms with Crippen molar-refractivity contribution in [2.24, 2.45) is 5.73 Å². The summed E-state index contributed by atoms with van der Waals surface area (Å²) < 4.78 is 20.7. The molecular formula is C26H25FN4O2. The molecular weight excluding hydrogens is 419 g/mol. The number of ether oxygens (including phenoxy) is 1. The van der Waals surface area contributed by atoms with E-state index in [1.54, 1.807) is 29.3 Å². The predicted molar refractivity (Wildman–Crippen MR) is 125 cm³/mol. The Hall–Kier alpha value is -3.71. The summed E-state index contributed by atoms with van der Waals surface area (Å²) in [5.41, 5.74) is 11.0. The average molecular weight is 445 g/mol. The number of pyridine rings is 1. The lowest BCUT2D eigenvalue weighted by Gasteiger charge is -2.31. The fourth-order valence-electron chi connectivity index (χ4n) is 4.40. The number of hydrogen-bond donors (Lipinski definition) is 2. The summed E-state index contributed by atoms with van der Waals surface area (Å²) in [6.07, 6.45) is 4.52. The van der Waals surface area contributed by atoms with Crippen molar-refractivity contribution in [3.05, 3.63) is 89.0 Å². The van der Waals surface area contributed by atoms with Crippen LogP contribution >= 0.6 is 0 Å². The molecule has 3 heterocycles. The Morgan fingerprint density at radius 1 is 1.21 bits per heavy atom. The minimum Gasteiger partial charge on any atom is -0.453 e. The van der Waals surface area contributed by atoms with Crippen molar-refractivity contribution < 1.29 is 13.9 Å². The van der Waals surface area contributed by atoms with Gasteiger partial charge in [-0.1, -0.05) is 30.3 Å². The van der Waals surface area contributed by atoms with E-state index in [9.17, 15) is 9.18 Å². The molecule has 1 amide bonds. The molecule has 7 heteroatoms. The molecule has 168 valence electrons.